The first-order valence-corrected chi connectivity index (χ1v) is 15.8. The van der Waals surface area contributed by atoms with Crippen molar-refractivity contribution in [1.29, 1.82) is 0 Å². The minimum absolute atomic E-state index is 0.121. The van der Waals surface area contributed by atoms with Gasteiger partial charge < -0.3 is 10.2 Å². The number of pyridine rings is 1. The van der Waals surface area contributed by atoms with E-state index in [0.29, 0.717) is 29.9 Å². The highest BCUT2D eigenvalue weighted by Gasteiger charge is 2.38. The third-order valence-corrected chi connectivity index (χ3v) is 9.29. The van der Waals surface area contributed by atoms with Crippen LogP contribution < -0.4 is 10.2 Å². The van der Waals surface area contributed by atoms with Gasteiger partial charge in [-0.15, -0.1) is 0 Å². The molecule has 3 aromatic heterocycles. The molecule has 1 aromatic carbocycles. The zero-order valence-corrected chi connectivity index (χ0v) is 24.0. The Hall–Kier alpha value is -3.60. The number of hydrogen-bond donors (Lipinski definition) is 1. The summed E-state index contributed by atoms with van der Waals surface area (Å²) in [5.41, 5.74) is 4.08. The van der Waals surface area contributed by atoms with E-state index in [1.54, 1.807) is 23.1 Å². The molecule has 1 N–H and O–H groups in total. The van der Waals surface area contributed by atoms with Gasteiger partial charge in [-0.1, -0.05) is 19.9 Å². The SMILES string of the molecule is CC(C)c1ccc(N2C[C@H](CS(C)(=O)=O)[C@H]2C)c2cnc(Nc3ccnc(-c4cnn5c4CCC5CF)n3)cc12. The van der Waals surface area contributed by atoms with Crippen molar-refractivity contribution in [2.45, 2.75) is 51.6 Å². The number of halogens is 1. The smallest absolute Gasteiger partial charge is 0.164 e. The molecule has 5 heterocycles. The minimum atomic E-state index is -3.02. The first-order chi connectivity index (χ1) is 19.1. The molecule has 2 aliphatic rings. The molecular formula is C29H34FN7O2S. The largest absolute Gasteiger partial charge is 0.368 e. The van der Waals surface area contributed by atoms with Crippen molar-refractivity contribution in [3.8, 4) is 11.4 Å². The second-order valence-corrected chi connectivity index (χ2v) is 13.6. The van der Waals surface area contributed by atoms with E-state index in [9.17, 15) is 12.8 Å². The minimum Gasteiger partial charge on any atom is -0.368 e. The highest BCUT2D eigenvalue weighted by atomic mass is 32.2. The first-order valence-electron chi connectivity index (χ1n) is 13.7. The van der Waals surface area contributed by atoms with Gasteiger partial charge in [-0.2, -0.15) is 5.10 Å². The fourth-order valence-corrected chi connectivity index (χ4v) is 7.21. The van der Waals surface area contributed by atoms with Crippen molar-refractivity contribution < 1.29 is 12.8 Å². The van der Waals surface area contributed by atoms with E-state index in [1.165, 1.54) is 11.8 Å². The number of benzene rings is 1. The fourth-order valence-electron chi connectivity index (χ4n) is 6.05. The number of aromatic nitrogens is 5. The van der Waals surface area contributed by atoms with Gasteiger partial charge in [0.1, 0.15) is 28.1 Å². The summed E-state index contributed by atoms with van der Waals surface area (Å²) in [6, 6.07) is 8.07. The van der Waals surface area contributed by atoms with Crippen LogP contribution in [0, 0.1) is 5.92 Å². The van der Waals surface area contributed by atoms with Gasteiger partial charge in [-0.05, 0) is 54.8 Å². The molecule has 0 spiro atoms. The monoisotopic (exact) mass is 563 g/mol. The van der Waals surface area contributed by atoms with Crippen molar-refractivity contribution in [1.82, 2.24) is 24.7 Å². The molecule has 1 unspecified atom stereocenters. The lowest BCUT2D eigenvalue weighted by Gasteiger charge is -2.48. The topological polar surface area (TPSA) is 106 Å². The number of anilines is 3. The number of fused-ring (bicyclic) bond motifs is 2. The molecule has 0 saturated carbocycles. The van der Waals surface area contributed by atoms with Crippen LogP contribution in [0.1, 0.15) is 50.4 Å². The van der Waals surface area contributed by atoms with Crippen molar-refractivity contribution in [3.05, 3.63) is 54.1 Å². The fraction of sp³-hybridized carbons (Fsp3) is 0.448. The van der Waals surface area contributed by atoms with Crippen molar-refractivity contribution in [3.63, 3.8) is 0 Å². The molecule has 0 aliphatic carbocycles. The van der Waals surface area contributed by atoms with Crippen molar-refractivity contribution >= 4 is 37.9 Å². The van der Waals surface area contributed by atoms with Crippen LogP contribution in [0.5, 0.6) is 0 Å². The zero-order valence-electron chi connectivity index (χ0n) is 23.2. The van der Waals surface area contributed by atoms with Gasteiger partial charge in [0.25, 0.3) is 0 Å². The summed E-state index contributed by atoms with van der Waals surface area (Å²) in [5.74, 6) is 2.46. The van der Waals surface area contributed by atoms with E-state index in [0.717, 1.165) is 40.6 Å². The lowest BCUT2D eigenvalue weighted by Crippen LogP contribution is -2.57. The van der Waals surface area contributed by atoms with Gasteiger partial charge in [0.15, 0.2) is 5.82 Å². The Kier molecular flexibility index (Phi) is 6.72. The summed E-state index contributed by atoms with van der Waals surface area (Å²) in [6.07, 6.45) is 8.10. The maximum Gasteiger partial charge on any atom is 0.164 e. The number of nitrogens with zero attached hydrogens (tertiary/aromatic N) is 6. The summed E-state index contributed by atoms with van der Waals surface area (Å²) >= 11 is 0. The molecule has 11 heteroatoms. The average molecular weight is 564 g/mol. The average Bonchev–Trinajstić information content (AvgIpc) is 3.52. The molecule has 210 valence electrons. The summed E-state index contributed by atoms with van der Waals surface area (Å²) < 4.78 is 38.8. The molecule has 40 heavy (non-hydrogen) atoms. The van der Waals surface area contributed by atoms with Crippen molar-refractivity contribution in [2.24, 2.45) is 5.92 Å². The molecular weight excluding hydrogens is 529 g/mol. The van der Waals surface area contributed by atoms with Crippen molar-refractivity contribution in [2.75, 3.05) is 35.4 Å². The molecule has 9 nitrogen and oxygen atoms in total. The van der Waals surface area contributed by atoms with E-state index in [-0.39, 0.29) is 23.8 Å². The number of hydrogen-bond acceptors (Lipinski definition) is 8. The van der Waals surface area contributed by atoms with E-state index in [1.807, 2.05) is 6.20 Å². The number of rotatable bonds is 8. The number of sulfone groups is 1. The normalized spacial score (nSPS) is 20.6. The molecule has 4 aromatic rings. The third-order valence-electron chi connectivity index (χ3n) is 8.25. The highest BCUT2D eigenvalue weighted by Crippen LogP contribution is 2.40. The van der Waals surface area contributed by atoms with E-state index in [4.69, 9.17) is 9.97 Å². The van der Waals surface area contributed by atoms with Crippen LogP contribution in [0.2, 0.25) is 0 Å². The first kappa shape index (κ1) is 26.6. The Labute approximate surface area is 233 Å². The standard InChI is InChI=1S/C29H34FN7O2S/c1-17(2)21-6-8-25(36-15-19(18(36)3)16-40(4,38)39)23-13-32-28(11-22(21)23)34-27-9-10-31-29(35-27)24-14-33-37-20(12-30)5-7-26(24)37/h6,8-11,13-14,17-20H,5,7,12,15-16H2,1-4H3,(H,31,32,34,35)/t18-,19-,20?/m1/s1. The lowest BCUT2D eigenvalue weighted by molar-refractivity contribution is 0.342. The van der Waals surface area contributed by atoms with Crippen LogP contribution in [0.15, 0.2) is 42.9 Å². The van der Waals surface area contributed by atoms with Gasteiger partial charge in [-0.3, -0.25) is 4.68 Å². The predicted molar refractivity (Wildman–Crippen MR) is 156 cm³/mol. The molecule has 0 radical (unpaired) electrons. The third kappa shape index (κ3) is 4.80. The van der Waals surface area contributed by atoms with Gasteiger partial charge in [-0.25, -0.2) is 27.8 Å². The Morgan fingerprint density at radius 1 is 1.12 bits per heavy atom. The van der Waals surface area contributed by atoms with E-state index in [2.05, 4.69) is 59.3 Å². The Morgan fingerprint density at radius 2 is 1.95 bits per heavy atom. The van der Waals surface area contributed by atoms with Crippen LogP contribution >= 0.6 is 0 Å². The van der Waals surface area contributed by atoms with Crippen LogP contribution in [-0.2, 0) is 16.3 Å². The predicted octanol–water partition coefficient (Wildman–Crippen LogP) is 5.08. The quantitative estimate of drug-likeness (QED) is 0.316. The van der Waals surface area contributed by atoms with Gasteiger partial charge in [0.2, 0.25) is 0 Å². The molecule has 1 fully saturated rings. The van der Waals surface area contributed by atoms with Crippen LogP contribution in [0.25, 0.3) is 22.2 Å². The molecule has 2 aliphatic heterocycles. The van der Waals surface area contributed by atoms with Crippen LogP contribution in [0.4, 0.5) is 21.7 Å². The molecule has 0 bridgehead atoms. The van der Waals surface area contributed by atoms with Crippen LogP contribution in [-0.4, -0.2) is 64.4 Å². The number of nitrogens with one attached hydrogen (secondary N) is 1. The summed E-state index contributed by atoms with van der Waals surface area (Å²) in [4.78, 5) is 16.2. The Balaban J connectivity index is 1.29. The van der Waals surface area contributed by atoms with Crippen LogP contribution in [0.3, 0.4) is 0 Å². The summed E-state index contributed by atoms with van der Waals surface area (Å²) in [7, 11) is -3.02. The molecule has 0 amide bonds. The second kappa shape index (κ2) is 10.1. The second-order valence-electron chi connectivity index (χ2n) is 11.4. The van der Waals surface area contributed by atoms with E-state index < -0.39 is 16.5 Å². The summed E-state index contributed by atoms with van der Waals surface area (Å²) in [6.45, 7) is 6.71. The summed E-state index contributed by atoms with van der Waals surface area (Å²) in [5, 5.41) is 9.88. The Bertz CT molecular complexity index is 1690. The zero-order chi connectivity index (χ0) is 28.2. The number of alkyl halides is 1. The van der Waals surface area contributed by atoms with E-state index >= 15 is 0 Å². The molecule has 1 saturated heterocycles. The lowest BCUT2D eigenvalue weighted by atomic mass is 9.88. The maximum absolute atomic E-state index is 13.3. The van der Waals surface area contributed by atoms with Gasteiger partial charge in [0.05, 0.1) is 23.6 Å². The molecule has 6 rings (SSSR count). The highest BCUT2D eigenvalue weighted by molar-refractivity contribution is 7.90. The molecule has 3 atom stereocenters. The maximum atomic E-state index is 13.3. The van der Waals surface area contributed by atoms with Gasteiger partial charge >= 0.3 is 0 Å². The Morgan fingerprint density at radius 3 is 2.67 bits per heavy atom. The van der Waals surface area contributed by atoms with Gasteiger partial charge in [0, 0.05) is 53.9 Å².